The summed E-state index contributed by atoms with van der Waals surface area (Å²) in [6.45, 7) is 5.38. The molecule has 27 heavy (non-hydrogen) atoms. The maximum Gasteiger partial charge on any atom is 0.311 e. The number of benzene rings is 2. The molecule has 0 aliphatic heterocycles. The van der Waals surface area contributed by atoms with Crippen LogP contribution in [0.1, 0.15) is 41.4 Å². The van der Waals surface area contributed by atoms with Gasteiger partial charge in [-0.1, -0.05) is 25.4 Å². The number of rotatable bonds is 4. The van der Waals surface area contributed by atoms with Crippen LogP contribution in [0, 0.1) is 12.8 Å². The van der Waals surface area contributed by atoms with Crippen molar-refractivity contribution in [1.29, 1.82) is 0 Å². The van der Waals surface area contributed by atoms with Crippen molar-refractivity contribution >= 4 is 34.4 Å². The van der Waals surface area contributed by atoms with Crippen LogP contribution in [0.15, 0.2) is 42.5 Å². The molecule has 0 aliphatic carbocycles. The first-order valence-electron chi connectivity index (χ1n) is 8.59. The fourth-order valence-electron chi connectivity index (χ4n) is 3.55. The zero-order valence-electron chi connectivity index (χ0n) is 15.2. The number of carboxylic acids is 1. The highest BCUT2D eigenvalue weighted by Crippen LogP contribution is 2.37. The van der Waals surface area contributed by atoms with Crippen LogP contribution in [-0.4, -0.2) is 26.7 Å². The number of fused-ring (bicyclic) bond motifs is 1. The van der Waals surface area contributed by atoms with Crippen molar-refractivity contribution in [2.24, 2.45) is 5.92 Å². The predicted octanol–water partition coefficient (Wildman–Crippen LogP) is 4.82. The summed E-state index contributed by atoms with van der Waals surface area (Å²) in [5.41, 5.74) is 2.10. The molecular formula is C21H20ClNO4. The minimum Gasteiger partial charge on any atom is -0.508 e. The molecule has 140 valence electrons. The summed E-state index contributed by atoms with van der Waals surface area (Å²) < 4.78 is 1.51. The van der Waals surface area contributed by atoms with Crippen LogP contribution < -0.4 is 0 Å². The second-order valence-corrected chi connectivity index (χ2v) is 7.34. The van der Waals surface area contributed by atoms with Gasteiger partial charge < -0.3 is 10.2 Å². The maximum absolute atomic E-state index is 13.2. The summed E-state index contributed by atoms with van der Waals surface area (Å²) in [7, 11) is 0. The number of nitrogens with zero attached hydrogens (tertiary/aromatic N) is 1. The molecule has 0 bridgehead atoms. The third-order valence-corrected chi connectivity index (χ3v) is 5.03. The third-order valence-electron chi connectivity index (χ3n) is 4.77. The first-order chi connectivity index (χ1) is 12.7. The highest BCUT2D eigenvalue weighted by molar-refractivity contribution is 6.30. The number of phenolic OH excluding ortho intramolecular Hbond substituents is 1. The molecule has 1 heterocycles. The number of aliphatic carboxylic acids is 1. The lowest BCUT2D eigenvalue weighted by molar-refractivity contribution is -0.139. The summed E-state index contributed by atoms with van der Waals surface area (Å²) in [6, 6.07) is 11.2. The Morgan fingerprint density at radius 3 is 2.26 bits per heavy atom. The molecule has 0 fully saturated rings. The van der Waals surface area contributed by atoms with Gasteiger partial charge >= 0.3 is 5.97 Å². The van der Waals surface area contributed by atoms with Crippen LogP contribution in [-0.2, 0) is 4.79 Å². The van der Waals surface area contributed by atoms with Gasteiger partial charge in [0.1, 0.15) is 5.75 Å². The molecule has 0 saturated heterocycles. The number of hydrogen-bond donors (Lipinski definition) is 2. The molecule has 3 rings (SSSR count). The van der Waals surface area contributed by atoms with E-state index in [1.54, 1.807) is 37.3 Å². The van der Waals surface area contributed by atoms with Crippen molar-refractivity contribution in [2.75, 3.05) is 0 Å². The average Bonchev–Trinajstić information content (AvgIpc) is 2.86. The number of hydrogen-bond acceptors (Lipinski definition) is 3. The monoisotopic (exact) mass is 385 g/mol. The van der Waals surface area contributed by atoms with Gasteiger partial charge in [-0.25, -0.2) is 0 Å². The average molecular weight is 386 g/mol. The number of aromatic hydroxyl groups is 1. The number of carbonyl (C=O) groups excluding carboxylic acids is 1. The molecule has 3 aromatic rings. The van der Waals surface area contributed by atoms with Crippen LogP contribution in [0.25, 0.3) is 10.9 Å². The minimum absolute atomic E-state index is 0.0211. The summed E-state index contributed by atoms with van der Waals surface area (Å²) in [6.07, 6.45) is 0. The van der Waals surface area contributed by atoms with Gasteiger partial charge in [-0.2, -0.15) is 0 Å². The molecule has 1 aromatic heterocycles. The Balaban J connectivity index is 2.31. The minimum atomic E-state index is -0.963. The zero-order valence-corrected chi connectivity index (χ0v) is 16.0. The van der Waals surface area contributed by atoms with Gasteiger partial charge in [0.05, 0.1) is 11.4 Å². The smallest absolute Gasteiger partial charge is 0.311 e. The molecule has 0 aliphatic rings. The molecule has 0 spiro atoms. The van der Waals surface area contributed by atoms with Crippen molar-refractivity contribution in [3.05, 3.63) is 64.3 Å². The number of aromatic nitrogens is 1. The fraction of sp³-hybridized carbons (Fsp3) is 0.238. The predicted molar refractivity (Wildman–Crippen MR) is 105 cm³/mol. The van der Waals surface area contributed by atoms with Gasteiger partial charge in [0, 0.05) is 21.7 Å². The van der Waals surface area contributed by atoms with E-state index in [4.69, 9.17) is 11.6 Å². The van der Waals surface area contributed by atoms with E-state index in [0.29, 0.717) is 32.7 Å². The van der Waals surface area contributed by atoms with Crippen LogP contribution >= 0.6 is 11.6 Å². The van der Waals surface area contributed by atoms with Crippen LogP contribution in [0.3, 0.4) is 0 Å². The van der Waals surface area contributed by atoms with Gasteiger partial charge in [0.25, 0.3) is 5.91 Å². The molecule has 2 N–H and O–H groups in total. The van der Waals surface area contributed by atoms with E-state index >= 15 is 0 Å². The largest absolute Gasteiger partial charge is 0.508 e. The number of carbonyl (C=O) groups is 2. The quantitative estimate of drug-likeness (QED) is 0.674. The lowest BCUT2D eigenvalue weighted by atomic mass is 9.86. The SMILES string of the molecule is Cc1c(C(C(=O)O)C(C)C)c2cc(O)ccc2n1C(=O)c1ccc(Cl)cc1. The number of carboxylic acid groups (broad SMARTS) is 1. The molecular weight excluding hydrogens is 366 g/mol. The van der Waals surface area contributed by atoms with Crippen LogP contribution in [0.5, 0.6) is 5.75 Å². The molecule has 0 radical (unpaired) electrons. The maximum atomic E-state index is 13.2. The summed E-state index contributed by atoms with van der Waals surface area (Å²) in [5, 5.41) is 20.8. The van der Waals surface area contributed by atoms with Crippen molar-refractivity contribution in [2.45, 2.75) is 26.7 Å². The van der Waals surface area contributed by atoms with E-state index in [1.165, 1.54) is 16.7 Å². The van der Waals surface area contributed by atoms with Crippen molar-refractivity contribution in [3.63, 3.8) is 0 Å². The first kappa shape index (κ1) is 19.0. The number of halogens is 1. The summed E-state index contributed by atoms with van der Waals surface area (Å²) >= 11 is 5.91. The molecule has 5 nitrogen and oxygen atoms in total. The second-order valence-electron chi connectivity index (χ2n) is 6.91. The highest BCUT2D eigenvalue weighted by atomic mass is 35.5. The van der Waals surface area contributed by atoms with E-state index in [0.717, 1.165) is 0 Å². The first-order valence-corrected chi connectivity index (χ1v) is 8.97. The van der Waals surface area contributed by atoms with E-state index in [2.05, 4.69) is 0 Å². The Morgan fingerprint density at radius 1 is 1.07 bits per heavy atom. The number of phenols is 1. The van der Waals surface area contributed by atoms with Crippen molar-refractivity contribution in [1.82, 2.24) is 4.57 Å². The molecule has 6 heteroatoms. The standard InChI is InChI=1S/C21H20ClNO4/c1-11(2)18(21(26)27)19-12(3)23(17-9-8-15(24)10-16(17)19)20(25)13-4-6-14(22)7-5-13/h4-11,18,24H,1-3H3,(H,26,27). The normalized spacial score (nSPS) is 12.5. The fourth-order valence-corrected chi connectivity index (χ4v) is 3.67. The summed E-state index contributed by atoms with van der Waals surface area (Å²) in [5.74, 6) is -2.21. The van der Waals surface area contributed by atoms with Gasteiger partial charge in [0.2, 0.25) is 0 Å². The van der Waals surface area contributed by atoms with E-state index in [9.17, 15) is 19.8 Å². The van der Waals surface area contributed by atoms with Gasteiger partial charge in [-0.3, -0.25) is 14.2 Å². The van der Waals surface area contributed by atoms with E-state index in [1.807, 2.05) is 13.8 Å². The van der Waals surface area contributed by atoms with E-state index in [-0.39, 0.29) is 17.6 Å². The van der Waals surface area contributed by atoms with Crippen molar-refractivity contribution in [3.8, 4) is 5.75 Å². The Bertz CT molecular complexity index is 1030. The third kappa shape index (κ3) is 3.30. The molecule has 1 atom stereocenters. The topological polar surface area (TPSA) is 79.5 Å². The molecule has 2 aromatic carbocycles. The lowest BCUT2D eigenvalue weighted by Crippen LogP contribution is -2.19. The van der Waals surface area contributed by atoms with Gasteiger partial charge in [-0.05, 0) is 60.9 Å². The Labute approximate surface area is 161 Å². The molecule has 0 amide bonds. The van der Waals surface area contributed by atoms with Crippen LogP contribution in [0.4, 0.5) is 0 Å². The molecule has 0 saturated carbocycles. The Hall–Kier alpha value is -2.79. The van der Waals surface area contributed by atoms with Gasteiger partial charge in [0.15, 0.2) is 0 Å². The second kappa shape index (κ2) is 7.08. The highest BCUT2D eigenvalue weighted by Gasteiger charge is 2.31. The zero-order chi connectivity index (χ0) is 19.9. The molecule has 1 unspecified atom stereocenters. The van der Waals surface area contributed by atoms with Crippen LogP contribution in [0.2, 0.25) is 5.02 Å². The van der Waals surface area contributed by atoms with Crippen molar-refractivity contribution < 1.29 is 19.8 Å². The lowest BCUT2D eigenvalue weighted by Gasteiger charge is -2.17. The summed E-state index contributed by atoms with van der Waals surface area (Å²) in [4.78, 5) is 25.1. The Morgan fingerprint density at radius 2 is 1.70 bits per heavy atom. The Kier molecular flexibility index (Phi) is 4.98. The van der Waals surface area contributed by atoms with E-state index < -0.39 is 11.9 Å². The van der Waals surface area contributed by atoms with Gasteiger partial charge in [-0.15, -0.1) is 0 Å².